The summed E-state index contributed by atoms with van der Waals surface area (Å²) in [5.41, 5.74) is 1.21. The number of halogens is 1. The normalized spacial score (nSPS) is 9.29. The van der Waals surface area contributed by atoms with Crippen molar-refractivity contribution in [2.24, 2.45) is 0 Å². The summed E-state index contributed by atoms with van der Waals surface area (Å²) >= 11 is 7.15. The van der Waals surface area contributed by atoms with Gasteiger partial charge in [0.25, 0.3) is 0 Å². The molecule has 0 atom stereocenters. The molecule has 0 radical (unpaired) electrons. The summed E-state index contributed by atoms with van der Waals surface area (Å²) in [6, 6.07) is 2.03. The van der Waals surface area contributed by atoms with Gasteiger partial charge in [0.2, 0.25) is 0 Å². The summed E-state index contributed by atoms with van der Waals surface area (Å²) in [6.45, 7) is 0. The molecule has 0 aliphatic rings. The molecule has 0 aliphatic carbocycles. The number of thiophene rings is 1. The van der Waals surface area contributed by atoms with Gasteiger partial charge in [0.05, 0.1) is 0 Å². The first-order chi connectivity index (χ1) is 3.43. The van der Waals surface area contributed by atoms with Gasteiger partial charge in [-0.15, -0.1) is 11.6 Å². The van der Waals surface area contributed by atoms with Gasteiger partial charge in [-0.1, -0.05) is 0 Å². The Morgan fingerprint density at radius 1 is 1.71 bits per heavy atom. The number of rotatable bonds is 1. The molecule has 1 aromatic rings. The minimum Gasteiger partial charge on any atom is -0.152 e. The first kappa shape index (κ1) is 5.13. The highest BCUT2D eigenvalue weighted by molar-refractivity contribution is 7.08. The van der Waals surface area contributed by atoms with E-state index < -0.39 is 0 Å². The molecule has 0 unspecified atom stereocenters. The van der Waals surface area contributed by atoms with Gasteiger partial charge in [-0.2, -0.15) is 11.3 Å². The van der Waals surface area contributed by atoms with Crippen LogP contribution in [0.5, 0.6) is 0 Å². The lowest BCUT2D eigenvalue weighted by Gasteiger charge is -1.76. The van der Waals surface area contributed by atoms with E-state index >= 15 is 0 Å². The second-order valence-electron chi connectivity index (χ2n) is 1.27. The minimum atomic E-state index is 0.642. The molecule has 1 rings (SSSR count). The van der Waals surface area contributed by atoms with Gasteiger partial charge < -0.3 is 0 Å². The number of hydrogen-bond acceptors (Lipinski definition) is 1. The van der Waals surface area contributed by atoms with Crippen molar-refractivity contribution < 1.29 is 0 Å². The van der Waals surface area contributed by atoms with Gasteiger partial charge in [-0.05, 0) is 22.4 Å². The quantitative estimate of drug-likeness (QED) is 0.515. The zero-order valence-corrected chi connectivity index (χ0v) is 5.30. The Balaban J connectivity index is 2.76. The molecule has 0 saturated heterocycles. The Morgan fingerprint density at radius 3 is 2.86 bits per heavy atom. The third-order valence-corrected chi connectivity index (χ3v) is 1.78. The fourth-order valence-electron chi connectivity index (χ4n) is 0.369. The van der Waals surface area contributed by atoms with Crippen molar-refractivity contribution in [1.82, 2.24) is 0 Å². The predicted octanol–water partition coefficient (Wildman–Crippen LogP) is 2.49. The van der Waals surface area contributed by atoms with Crippen molar-refractivity contribution in [3.05, 3.63) is 22.4 Å². The van der Waals surface area contributed by atoms with E-state index in [9.17, 15) is 0 Å². The average Bonchev–Trinajstić information content (AvgIpc) is 2.14. The highest BCUT2D eigenvalue weighted by atomic mass is 35.5. The van der Waals surface area contributed by atoms with Gasteiger partial charge in [0, 0.05) is 5.88 Å². The first-order valence-corrected chi connectivity index (χ1v) is 3.48. The molecule has 0 aliphatic heterocycles. The van der Waals surface area contributed by atoms with Crippen LogP contribution in [0.2, 0.25) is 0 Å². The fraction of sp³-hybridized carbons (Fsp3) is 0.200. The van der Waals surface area contributed by atoms with Crippen LogP contribution in [0.15, 0.2) is 16.8 Å². The Morgan fingerprint density at radius 2 is 2.57 bits per heavy atom. The zero-order chi connectivity index (χ0) is 5.11. The monoisotopic (exact) mass is 132 g/mol. The lowest BCUT2D eigenvalue weighted by molar-refractivity contribution is 1.46. The predicted molar refractivity (Wildman–Crippen MR) is 33.9 cm³/mol. The van der Waals surface area contributed by atoms with Crippen molar-refractivity contribution in [3.63, 3.8) is 0 Å². The second kappa shape index (κ2) is 2.34. The van der Waals surface area contributed by atoms with Crippen molar-refractivity contribution in [3.8, 4) is 0 Å². The van der Waals surface area contributed by atoms with Gasteiger partial charge in [0.1, 0.15) is 0 Å². The maximum atomic E-state index is 5.47. The van der Waals surface area contributed by atoms with Crippen LogP contribution in [-0.4, -0.2) is 0 Å². The van der Waals surface area contributed by atoms with Gasteiger partial charge >= 0.3 is 0 Å². The van der Waals surface area contributed by atoms with E-state index in [1.54, 1.807) is 11.3 Å². The van der Waals surface area contributed by atoms with Crippen LogP contribution < -0.4 is 0 Å². The molecule has 0 saturated carbocycles. The number of alkyl halides is 1. The first-order valence-electron chi connectivity index (χ1n) is 2.00. The van der Waals surface area contributed by atoms with Crippen LogP contribution in [0.1, 0.15) is 5.56 Å². The summed E-state index contributed by atoms with van der Waals surface area (Å²) in [5.74, 6) is 0.642. The summed E-state index contributed by atoms with van der Waals surface area (Å²) < 4.78 is 0. The standard InChI is InChI=1S/C5H5ClS/c6-3-5-1-2-7-4-5/h1-2,4H,3H2. The van der Waals surface area contributed by atoms with E-state index in [0.717, 1.165) is 0 Å². The maximum Gasteiger partial charge on any atom is 0.0482 e. The van der Waals surface area contributed by atoms with E-state index in [0.29, 0.717) is 5.88 Å². The topological polar surface area (TPSA) is 0 Å². The lowest BCUT2D eigenvalue weighted by atomic mass is 10.4. The maximum absolute atomic E-state index is 5.47. The molecule has 2 heteroatoms. The van der Waals surface area contributed by atoms with E-state index in [-0.39, 0.29) is 0 Å². The van der Waals surface area contributed by atoms with E-state index in [1.165, 1.54) is 5.56 Å². The summed E-state index contributed by atoms with van der Waals surface area (Å²) in [4.78, 5) is 0. The van der Waals surface area contributed by atoms with Crippen LogP contribution in [0.4, 0.5) is 0 Å². The van der Waals surface area contributed by atoms with Gasteiger partial charge in [0.15, 0.2) is 0 Å². The Labute approximate surface area is 51.7 Å². The third-order valence-electron chi connectivity index (χ3n) is 0.734. The largest absolute Gasteiger partial charge is 0.152 e. The molecule has 1 aromatic heterocycles. The molecule has 0 bridgehead atoms. The molecule has 0 amide bonds. The van der Waals surface area contributed by atoms with E-state index in [4.69, 9.17) is 11.6 Å². The Bertz CT molecular complexity index is 123. The van der Waals surface area contributed by atoms with Gasteiger partial charge in [-0.25, -0.2) is 0 Å². The second-order valence-corrected chi connectivity index (χ2v) is 2.31. The van der Waals surface area contributed by atoms with Crippen molar-refractivity contribution >= 4 is 22.9 Å². The molecular formula is C5H5ClS. The Kier molecular flexibility index (Phi) is 1.71. The highest BCUT2D eigenvalue weighted by Crippen LogP contribution is 2.07. The fourth-order valence-corrected chi connectivity index (χ4v) is 1.30. The van der Waals surface area contributed by atoms with Crippen LogP contribution in [0, 0.1) is 0 Å². The summed E-state index contributed by atoms with van der Waals surface area (Å²) in [5, 5.41) is 4.07. The van der Waals surface area contributed by atoms with Crippen LogP contribution in [0.25, 0.3) is 0 Å². The number of hydrogen-bond donors (Lipinski definition) is 0. The zero-order valence-electron chi connectivity index (χ0n) is 3.73. The van der Waals surface area contributed by atoms with Crippen molar-refractivity contribution in [2.75, 3.05) is 0 Å². The average molecular weight is 133 g/mol. The summed E-state index contributed by atoms with van der Waals surface area (Å²) in [6.07, 6.45) is 0. The molecule has 0 nitrogen and oxygen atoms in total. The van der Waals surface area contributed by atoms with Crippen LogP contribution >= 0.6 is 22.9 Å². The van der Waals surface area contributed by atoms with Crippen molar-refractivity contribution in [2.45, 2.75) is 5.88 Å². The Hall–Kier alpha value is -0.0100. The molecular weight excluding hydrogens is 128 g/mol. The smallest absolute Gasteiger partial charge is 0.0482 e. The molecule has 7 heavy (non-hydrogen) atoms. The van der Waals surface area contributed by atoms with Crippen molar-refractivity contribution in [1.29, 1.82) is 0 Å². The lowest BCUT2D eigenvalue weighted by Crippen LogP contribution is -1.62. The SMILES string of the molecule is ClCc1ccsc1. The van der Waals surface area contributed by atoms with Crippen LogP contribution in [-0.2, 0) is 5.88 Å². The van der Waals surface area contributed by atoms with Crippen LogP contribution in [0.3, 0.4) is 0 Å². The molecule has 0 spiro atoms. The van der Waals surface area contributed by atoms with E-state index in [2.05, 4.69) is 0 Å². The molecule has 0 N–H and O–H groups in total. The minimum absolute atomic E-state index is 0.642. The summed E-state index contributed by atoms with van der Waals surface area (Å²) in [7, 11) is 0. The highest BCUT2D eigenvalue weighted by Gasteiger charge is 1.84. The van der Waals surface area contributed by atoms with E-state index in [1.807, 2.05) is 16.8 Å². The molecule has 1 heterocycles. The third kappa shape index (κ3) is 1.18. The molecule has 38 valence electrons. The molecule has 0 aromatic carbocycles. The van der Waals surface area contributed by atoms with Gasteiger partial charge in [-0.3, -0.25) is 0 Å². The molecule has 0 fully saturated rings.